The molecule has 30 heavy (non-hydrogen) atoms. The highest BCUT2D eigenvalue weighted by Crippen LogP contribution is 2.55. The first kappa shape index (κ1) is 21.0. The van der Waals surface area contributed by atoms with Crippen molar-refractivity contribution in [2.75, 3.05) is 6.16 Å². The van der Waals surface area contributed by atoms with Gasteiger partial charge in [0.05, 0.1) is 17.9 Å². The first-order valence-electron chi connectivity index (χ1n) is 10.9. The zero-order chi connectivity index (χ0) is 21.0. The second-order valence-corrected chi connectivity index (χ2v) is 12.3. The first-order chi connectivity index (χ1) is 14.5. The summed E-state index contributed by atoms with van der Waals surface area (Å²) < 4.78 is 5.79. The molecule has 0 radical (unpaired) electrons. The van der Waals surface area contributed by atoms with E-state index in [1.807, 2.05) is 0 Å². The van der Waals surface area contributed by atoms with Gasteiger partial charge in [-0.05, 0) is 76.1 Å². The van der Waals surface area contributed by atoms with Crippen molar-refractivity contribution in [1.29, 1.82) is 0 Å². The van der Waals surface area contributed by atoms with E-state index in [4.69, 9.17) is 4.74 Å². The van der Waals surface area contributed by atoms with E-state index in [0.29, 0.717) is 6.10 Å². The molecule has 4 rings (SSSR count). The summed E-state index contributed by atoms with van der Waals surface area (Å²) in [6.45, 7) is 6.66. The number of benzene rings is 3. The van der Waals surface area contributed by atoms with Crippen molar-refractivity contribution in [2.45, 2.75) is 45.3 Å². The molecule has 1 aliphatic heterocycles. The van der Waals surface area contributed by atoms with Crippen molar-refractivity contribution < 1.29 is 4.74 Å². The topological polar surface area (TPSA) is 12.5 Å². The highest BCUT2D eigenvalue weighted by Gasteiger charge is 2.47. The molecule has 2 heteroatoms. The lowest BCUT2D eigenvalue weighted by atomic mass is 10.0. The normalized spacial score (nSPS) is 18.2. The Morgan fingerprint density at radius 1 is 0.800 bits per heavy atom. The molecular weight excluding hydrogens is 383 g/mol. The van der Waals surface area contributed by atoms with E-state index in [0.717, 1.165) is 19.0 Å². The molecule has 0 saturated carbocycles. The van der Waals surface area contributed by atoms with Crippen molar-refractivity contribution in [2.24, 2.45) is 0 Å². The first-order valence-corrected chi connectivity index (χ1v) is 12.9. The third-order valence-corrected chi connectivity index (χ3v) is 10.5. The molecule has 1 saturated heterocycles. The molecule has 154 valence electrons. The van der Waals surface area contributed by atoms with Gasteiger partial charge in [0.15, 0.2) is 0 Å². The van der Waals surface area contributed by atoms with Crippen molar-refractivity contribution in [3.63, 3.8) is 0 Å². The number of hydrogen-bond acceptors (Lipinski definition) is 1. The Bertz CT molecular complexity index is 880. The van der Waals surface area contributed by atoms with Crippen LogP contribution in [0.4, 0.5) is 0 Å². The Kier molecular flexibility index (Phi) is 6.23. The maximum atomic E-state index is 5.79. The lowest BCUT2D eigenvalue weighted by molar-refractivity contribution is 0.320. The Balaban J connectivity index is 1.72. The quantitative estimate of drug-likeness (QED) is 0.254. The lowest BCUT2D eigenvalue weighted by Gasteiger charge is -2.27. The summed E-state index contributed by atoms with van der Waals surface area (Å²) in [5.41, 5.74) is 1.54. The van der Waals surface area contributed by atoms with Crippen LogP contribution >= 0.6 is 7.26 Å². The van der Waals surface area contributed by atoms with E-state index < -0.39 is 7.26 Å². The molecule has 3 aromatic carbocycles. The minimum absolute atomic E-state index is 0.0785. The Morgan fingerprint density at radius 3 is 1.57 bits per heavy atom. The maximum absolute atomic E-state index is 5.79. The van der Waals surface area contributed by atoms with Gasteiger partial charge in [-0.25, -0.2) is 0 Å². The van der Waals surface area contributed by atoms with Crippen LogP contribution in [0.15, 0.2) is 103 Å². The van der Waals surface area contributed by atoms with Gasteiger partial charge in [-0.15, -0.1) is 0 Å². The fourth-order valence-electron chi connectivity index (χ4n) is 4.30. The summed E-state index contributed by atoms with van der Waals surface area (Å²) >= 11 is 0. The second kappa shape index (κ2) is 8.88. The van der Waals surface area contributed by atoms with Gasteiger partial charge in [0.2, 0.25) is 0 Å². The predicted octanol–water partition coefficient (Wildman–Crippen LogP) is 5.88. The fraction of sp³-hybridized carbons (Fsp3) is 0.286. The van der Waals surface area contributed by atoms with Crippen molar-refractivity contribution in [1.82, 2.24) is 0 Å². The van der Waals surface area contributed by atoms with Gasteiger partial charge in [-0.3, -0.25) is 0 Å². The number of hydrogen-bond donors (Lipinski definition) is 0. The largest absolute Gasteiger partial charge is 0.367 e. The van der Waals surface area contributed by atoms with Crippen LogP contribution in [0.5, 0.6) is 0 Å². The molecule has 0 aromatic heterocycles. The van der Waals surface area contributed by atoms with Gasteiger partial charge in [0.1, 0.15) is 23.2 Å². The van der Waals surface area contributed by atoms with E-state index in [-0.39, 0.29) is 5.60 Å². The third-order valence-electron chi connectivity index (χ3n) is 6.27. The molecule has 1 heterocycles. The van der Waals surface area contributed by atoms with Gasteiger partial charge in [0.25, 0.3) is 0 Å². The van der Waals surface area contributed by atoms with Crippen LogP contribution < -0.4 is 15.9 Å². The van der Waals surface area contributed by atoms with Gasteiger partial charge in [0, 0.05) is 0 Å². The van der Waals surface area contributed by atoms with Crippen LogP contribution in [0, 0.1) is 0 Å². The van der Waals surface area contributed by atoms with Crippen LogP contribution in [-0.4, -0.2) is 17.9 Å². The van der Waals surface area contributed by atoms with E-state index in [1.54, 1.807) is 0 Å². The summed E-state index contributed by atoms with van der Waals surface area (Å²) in [5.74, 6) is 0. The Morgan fingerprint density at radius 2 is 1.20 bits per heavy atom. The molecule has 1 fully saturated rings. The van der Waals surface area contributed by atoms with Crippen LogP contribution in [0.3, 0.4) is 0 Å². The van der Waals surface area contributed by atoms with Crippen LogP contribution in [-0.2, 0) is 4.74 Å². The van der Waals surface area contributed by atoms with Gasteiger partial charge in [-0.1, -0.05) is 60.2 Å². The lowest BCUT2D eigenvalue weighted by Crippen LogP contribution is -2.33. The molecule has 0 bridgehead atoms. The molecule has 1 atom stereocenters. The molecule has 0 unspecified atom stereocenters. The molecule has 0 amide bonds. The average molecular weight is 416 g/mol. The Hall–Kier alpha value is -2.21. The number of epoxide rings is 1. The zero-order valence-corrected chi connectivity index (χ0v) is 19.2. The smallest absolute Gasteiger partial charge is 0.115 e. The van der Waals surface area contributed by atoms with Crippen LogP contribution in [0.25, 0.3) is 0 Å². The number of allylic oxidation sites excluding steroid dienone is 2. The van der Waals surface area contributed by atoms with Gasteiger partial charge >= 0.3 is 0 Å². The van der Waals surface area contributed by atoms with Crippen LogP contribution in [0.1, 0.15) is 33.6 Å². The summed E-state index contributed by atoms with van der Waals surface area (Å²) in [7, 11) is -1.77. The predicted molar refractivity (Wildman–Crippen MR) is 132 cm³/mol. The van der Waals surface area contributed by atoms with E-state index in [9.17, 15) is 0 Å². The van der Waals surface area contributed by atoms with Crippen molar-refractivity contribution in [3.8, 4) is 0 Å². The SMILES string of the molecule is C/C(=C\C[P+](c1ccccc1)(c1ccccc1)c1ccccc1)CC[C@H]1OC1(C)C. The molecule has 1 aliphatic rings. The van der Waals surface area contributed by atoms with Gasteiger partial charge < -0.3 is 4.74 Å². The minimum atomic E-state index is -1.77. The third kappa shape index (κ3) is 4.43. The summed E-state index contributed by atoms with van der Waals surface area (Å²) in [5, 5.41) is 4.33. The van der Waals surface area contributed by atoms with E-state index in [2.05, 4.69) is 118 Å². The molecule has 3 aromatic rings. The van der Waals surface area contributed by atoms with Crippen LogP contribution in [0.2, 0.25) is 0 Å². The molecular formula is C28H32OP+. The van der Waals surface area contributed by atoms with Crippen molar-refractivity contribution in [3.05, 3.63) is 103 Å². The zero-order valence-electron chi connectivity index (χ0n) is 18.3. The summed E-state index contributed by atoms with van der Waals surface area (Å²) in [4.78, 5) is 0. The average Bonchev–Trinajstić information content (AvgIpc) is 3.41. The number of rotatable bonds is 8. The monoisotopic (exact) mass is 415 g/mol. The molecule has 0 N–H and O–H groups in total. The van der Waals surface area contributed by atoms with Crippen molar-refractivity contribution >= 4 is 23.2 Å². The maximum Gasteiger partial charge on any atom is 0.115 e. The highest BCUT2D eigenvalue weighted by molar-refractivity contribution is 7.95. The summed E-state index contributed by atoms with van der Waals surface area (Å²) in [6.07, 6.45) is 6.18. The second-order valence-electron chi connectivity index (χ2n) is 8.80. The number of ether oxygens (including phenoxy) is 1. The fourth-order valence-corrected chi connectivity index (χ4v) is 8.46. The summed E-state index contributed by atoms with van der Waals surface area (Å²) in [6, 6.07) is 33.3. The molecule has 0 aliphatic carbocycles. The van der Waals surface area contributed by atoms with E-state index in [1.165, 1.54) is 21.5 Å². The molecule has 1 nitrogen and oxygen atoms in total. The molecule has 0 spiro atoms. The van der Waals surface area contributed by atoms with Gasteiger partial charge in [-0.2, -0.15) is 0 Å². The minimum Gasteiger partial charge on any atom is -0.367 e. The Labute approximate surface area is 182 Å². The standard InChI is InChI=1S/C28H32OP/c1-23(19-20-27-28(2,3)29-27)21-22-30(24-13-7-4-8-14-24,25-15-9-5-10-16-25)26-17-11-6-12-18-26/h4-18,21,27H,19-20,22H2,1-3H3/q+1/b23-21+/t27-/m1/s1. The highest BCUT2D eigenvalue weighted by atomic mass is 31.2. The van der Waals surface area contributed by atoms with E-state index >= 15 is 0 Å².